The van der Waals surface area contributed by atoms with Crippen LogP contribution in [0.15, 0.2) is 0 Å². The molecule has 13 heavy (non-hydrogen) atoms. The highest BCUT2D eigenvalue weighted by molar-refractivity contribution is 7.99. The topological polar surface area (TPSA) is 38.3 Å². The Balaban J connectivity index is 2.95. The van der Waals surface area contributed by atoms with E-state index in [-0.39, 0.29) is 5.97 Å². The third-order valence-corrected chi connectivity index (χ3v) is 2.57. The van der Waals surface area contributed by atoms with Crippen molar-refractivity contribution in [2.75, 3.05) is 31.7 Å². The molecule has 1 N–H and O–H groups in total. The molecule has 0 spiro atoms. The van der Waals surface area contributed by atoms with Gasteiger partial charge in [-0.25, -0.2) is 0 Å². The molecule has 78 valence electrons. The lowest BCUT2D eigenvalue weighted by Crippen LogP contribution is -2.20. The quantitative estimate of drug-likeness (QED) is 0.478. The minimum absolute atomic E-state index is 0.143. The van der Waals surface area contributed by atoms with E-state index in [9.17, 15) is 4.79 Å². The van der Waals surface area contributed by atoms with Crippen LogP contribution in [0, 0.1) is 0 Å². The van der Waals surface area contributed by atoms with Crippen LogP contribution in [0.1, 0.15) is 19.8 Å². The highest BCUT2D eigenvalue weighted by atomic mass is 32.2. The van der Waals surface area contributed by atoms with Crippen molar-refractivity contribution >= 4 is 17.7 Å². The number of ether oxygens (including phenoxy) is 1. The highest BCUT2D eigenvalue weighted by Gasteiger charge is 1.97. The summed E-state index contributed by atoms with van der Waals surface area (Å²) >= 11 is 1.95. The molecule has 0 aliphatic heterocycles. The molecule has 0 amide bonds. The van der Waals surface area contributed by atoms with E-state index >= 15 is 0 Å². The first-order valence-corrected chi connectivity index (χ1v) is 5.82. The van der Waals surface area contributed by atoms with Crippen LogP contribution in [0.2, 0.25) is 0 Å². The Hall–Kier alpha value is -0.220. The van der Waals surface area contributed by atoms with Crippen LogP contribution in [0.4, 0.5) is 0 Å². The van der Waals surface area contributed by atoms with Crippen LogP contribution in [0.3, 0.4) is 0 Å². The summed E-state index contributed by atoms with van der Waals surface area (Å²) < 4.78 is 4.51. The molecule has 0 radical (unpaired) electrons. The van der Waals surface area contributed by atoms with Crippen LogP contribution >= 0.6 is 11.8 Å². The molecular weight excluding hydrogens is 186 g/mol. The van der Waals surface area contributed by atoms with Gasteiger partial charge in [0.2, 0.25) is 0 Å². The van der Waals surface area contributed by atoms with Crippen LogP contribution in [-0.2, 0) is 9.53 Å². The van der Waals surface area contributed by atoms with Gasteiger partial charge in [0.25, 0.3) is 0 Å². The molecular formula is C9H19NO2S. The van der Waals surface area contributed by atoms with Crippen molar-refractivity contribution in [3.63, 3.8) is 0 Å². The Morgan fingerprint density at radius 3 is 2.85 bits per heavy atom. The molecule has 0 aliphatic rings. The molecule has 0 aromatic rings. The molecule has 0 aromatic heterocycles. The molecule has 4 heteroatoms. The number of carbonyl (C=O) groups excluding carboxylic acids is 1. The predicted molar refractivity (Wildman–Crippen MR) is 57.1 cm³/mol. The third kappa shape index (κ3) is 9.70. The zero-order valence-electron chi connectivity index (χ0n) is 8.47. The van der Waals surface area contributed by atoms with Crippen molar-refractivity contribution in [3.05, 3.63) is 0 Å². The summed E-state index contributed by atoms with van der Waals surface area (Å²) in [6, 6.07) is 0. The van der Waals surface area contributed by atoms with E-state index in [1.165, 1.54) is 25.0 Å². The van der Waals surface area contributed by atoms with E-state index < -0.39 is 0 Å². The van der Waals surface area contributed by atoms with E-state index in [1.807, 2.05) is 11.8 Å². The zero-order chi connectivity index (χ0) is 9.94. The second-order valence-corrected chi connectivity index (χ2v) is 4.02. The molecule has 0 aliphatic carbocycles. The summed E-state index contributed by atoms with van der Waals surface area (Å²) in [6.07, 6.45) is 1.64. The zero-order valence-corrected chi connectivity index (χ0v) is 9.28. The van der Waals surface area contributed by atoms with E-state index in [0.29, 0.717) is 6.42 Å². The maximum absolute atomic E-state index is 10.7. The third-order valence-electron chi connectivity index (χ3n) is 1.58. The normalized spacial score (nSPS) is 10.0. The molecule has 0 unspecified atom stereocenters. The molecule has 0 rings (SSSR count). The van der Waals surface area contributed by atoms with Crippen LogP contribution in [0.25, 0.3) is 0 Å². The van der Waals surface area contributed by atoms with Crippen molar-refractivity contribution < 1.29 is 9.53 Å². The Morgan fingerprint density at radius 1 is 1.46 bits per heavy atom. The second-order valence-electron chi connectivity index (χ2n) is 2.63. The van der Waals surface area contributed by atoms with Gasteiger partial charge in [0.1, 0.15) is 0 Å². The number of hydrogen-bond acceptors (Lipinski definition) is 4. The number of nitrogens with one attached hydrogen (secondary N) is 1. The average Bonchev–Trinajstić information content (AvgIpc) is 2.16. The number of thioether (sulfide) groups is 1. The molecule has 0 bridgehead atoms. The smallest absolute Gasteiger partial charge is 0.306 e. The summed E-state index contributed by atoms with van der Waals surface area (Å²) in [4.78, 5) is 10.7. The van der Waals surface area contributed by atoms with E-state index in [0.717, 1.165) is 13.1 Å². The van der Waals surface area contributed by atoms with Crippen molar-refractivity contribution in [3.8, 4) is 0 Å². The van der Waals surface area contributed by atoms with E-state index in [4.69, 9.17) is 0 Å². The number of carbonyl (C=O) groups is 1. The highest BCUT2D eigenvalue weighted by Crippen LogP contribution is 1.99. The molecule has 0 aromatic carbocycles. The maximum Gasteiger partial charge on any atom is 0.306 e. The number of rotatable bonds is 8. The lowest BCUT2D eigenvalue weighted by Gasteiger charge is -2.02. The van der Waals surface area contributed by atoms with Gasteiger partial charge in [-0.3, -0.25) is 4.79 Å². The molecule has 3 nitrogen and oxygen atoms in total. The van der Waals surface area contributed by atoms with Crippen LogP contribution in [-0.4, -0.2) is 37.7 Å². The summed E-state index contributed by atoms with van der Waals surface area (Å²) in [5.41, 5.74) is 0. The Kier molecular flexibility index (Phi) is 9.70. The van der Waals surface area contributed by atoms with E-state index in [1.54, 1.807) is 0 Å². The fraction of sp³-hybridized carbons (Fsp3) is 0.889. The fourth-order valence-electron chi connectivity index (χ4n) is 0.861. The van der Waals surface area contributed by atoms with Crippen molar-refractivity contribution in [1.82, 2.24) is 5.32 Å². The van der Waals surface area contributed by atoms with Gasteiger partial charge in [0.15, 0.2) is 0 Å². The summed E-state index contributed by atoms with van der Waals surface area (Å²) in [7, 11) is 1.42. The standard InChI is InChI=1S/C9H19NO2S/c1-3-13-8-4-6-10-7-5-9(11)12-2/h10H,3-8H2,1-2H3. The van der Waals surface area contributed by atoms with Gasteiger partial charge in [-0.15, -0.1) is 0 Å². The first-order valence-electron chi connectivity index (χ1n) is 4.66. The van der Waals surface area contributed by atoms with Crippen molar-refractivity contribution in [1.29, 1.82) is 0 Å². The first-order chi connectivity index (χ1) is 6.31. The molecule has 0 heterocycles. The van der Waals surface area contributed by atoms with E-state index in [2.05, 4.69) is 17.0 Å². The van der Waals surface area contributed by atoms with Gasteiger partial charge in [-0.05, 0) is 24.5 Å². The predicted octanol–water partition coefficient (Wildman–Crippen LogP) is 1.28. The average molecular weight is 205 g/mol. The lowest BCUT2D eigenvalue weighted by molar-refractivity contribution is -0.140. The summed E-state index contributed by atoms with van der Waals surface area (Å²) in [5.74, 6) is 2.24. The Bertz CT molecular complexity index is 131. The Labute approximate surface area is 84.6 Å². The SMILES string of the molecule is CCSCCCNCCC(=O)OC. The fourth-order valence-corrected chi connectivity index (χ4v) is 1.50. The van der Waals surface area contributed by atoms with Crippen molar-refractivity contribution in [2.45, 2.75) is 19.8 Å². The van der Waals surface area contributed by atoms with Gasteiger partial charge in [0.05, 0.1) is 13.5 Å². The largest absolute Gasteiger partial charge is 0.469 e. The number of hydrogen-bond donors (Lipinski definition) is 1. The Morgan fingerprint density at radius 2 is 2.23 bits per heavy atom. The minimum atomic E-state index is -0.143. The van der Waals surface area contributed by atoms with Crippen molar-refractivity contribution in [2.24, 2.45) is 0 Å². The number of esters is 1. The number of methoxy groups -OCH3 is 1. The van der Waals surface area contributed by atoms with Gasteiger partial charge in [-0.1, -0.05) is 6.92 Å². The van der Waals surface area contributed by atoms with Gasteiger partial charge in [0, 0.05) is 6.54 Å². The molecule has 0 saturated carbocycles. The van der Waals surface area contributed by atoms with Crippen LogP contribution < -0.4 is 5.32 Å². The lowest BCUT2D eigenvalue weighted by atomic mass is 10.4. The second kappa shape index (κ2) is 9.86. The maximum atomic E-state index is 10.7. The van der Waals surface area contributed by atoms with Gasteiger partial charge >= 0.3 is 5.97 Å². The van der Waals surface area contributed by atoms with Crippen LogP contribution in [0.5, 0.6) is 0 Å². The summed E-state index contributed by atoms with van der Waals surface area (Å²) in [5, 5.41) is 3.20. The van der Waals surface area contributed by atoms with Gasteiger partial charge < -0.3 is 10.1 Å². The minimum Gasteiger partial charge on any atom is -0.469 e. The molecule has 0 atom stereocenters. The first kappa shape index (κ1) is 12.8. The molecule has 0 fully saturated rings. The summed E-state index contributed by atoms with van der Waals surface area (Å²) in [6.45, 7) is 3.88. The van der Waals surface area contributed by atoms with Gasteiger partial charge in [-0.2, -0.15) is 11.8 Å². The monoisotopic (exact) mass is 205 g/mol. The molecule has 0 saturated heterocycles.